The van der Waals surface area contributed by atoms with Gasteiger partial charge < -0.3 is 15.2 Å². The van der Waals surface area contributed by atoms with Crippen molar-refractivity contribution in [3.8, 4) is 0 Å². The number of amides is 1. The van der Waals surface area contributed by atoms with Gasteiger partial charge in [-0.1, -0.05) is 104 Å². The van der Waals surface area contributed by atoms with Gasteiger partial charge >= 0.3 is 5.97 Å². The van der Waals surface area contributed by atoms with Crippen LogP contribution in [-0.2, 0) is 32.6 Å². The summed E-state index contributed by atoms with van der Waals surface area (Å²) in [6.45, 7) is 3.56. The Morgan fingerprint density at radius 1 is 1.00 bits per heavy atom. The molecule has 0 saturated carbocycles. The number of para-hydroxylation sites is 1. The first-order valence-electron chi connectivity index (χ1n) is 13.2. The van der Waals surface area contributed by atoms with Crippen LogP contribution in [0.15, 0.2) is 102 Å². The molecule has 7 heteroatoms. The minimum absolute atomic E-state index is 0. The summed E-state index contributed by atoms with van der Waals surface area (Å²) in [7, 11) is 0. The Morgan fingerprint density at radius 2 is 1.67 bits per heavy atom. The molecule has 1 unspecified atom stereocenters. The minimum Gasteiger partial charge on any atom is -0.625 e. The molecule has 3 aromatic rings. The molecule has 1 aliphatic heterocycles. The summed E-state index contributed by atoms with van der Waals surface area (Å²) in [4.78, 5) is 32.5. The molecular weight excluding hydrogens is 533 g/mol. The van der Waals surface area contributed by atoms with Crippen LogP contribution in [-0.4, -0.2) is 46.2 Å². The fraction of sp³-hybridized carbons (Fsp3) is 0.281. The van der Waals surface area contributed by atoms with Crippen LogP contribution in [0.1, 0.15) is 49.3 Å². The van der Waals surface area contributed by atoms with Gasteiger partial charge in [-0.05, 0) is 43.4 Å². The third-order valence-electron chi connectivity index (χ3n) is 6.65. The first-order chi connectivity index (χ1) is 18.6. The Labute approximate surface area is 240 Å². The number of aliphatic imine (C=N–C) groups is 1. The normalized spacial score (nSPS) is 16.5. The maximum atomic E-state index is 13.5. The maximum Gasteiger partial charge on any atom is 0.328 e. The number of carbonyl (C=O) groups excluding carboxylic acids is 1. The van der Waals surface area contributed by atoms with Crippen LogP contribution >= 0.6 is 0 Å². The van der Waals surface area contributed by atoms with Crippen LogP contribution < -0.4 is 0 Å². The molecule has 6 nitrogen and oxygen atoms in total. The van der Waals surface area contributed by atoms with E-state index >= 15 is 0 Å². The van der Waals surface area contributed by atoms with Crippen molar-refractivity contribution in [3.05, 3.63) is 119 Å². The molecule has 1 fully saturated rings. The average Bonchev–Trinajstić information content (AvgIpc) is 3.40. The van der Waals surface area contributed by atoms with Crippen molar-refractivity contribution < 1.29 is 31.2 Å². The van der Waals surface area contributed by atoms with Gasteiger partial charge in [-0.3, -0.25) is 9.89 Å². The Morgan fingerprint density at radius 3 is 2.36 bits per heavy atom. The molecular formula is C32H34N3NiO3-. The van der Waals surface area contributed by atoms with E-state index in [9.17, 15) is 14.7 Å². The Balaban J connectivity index is 0.00000420. The Kier molecular flexibility index (Phi) is 11.7. The van der Waals surface area contributed by atoms with Crippen LogP contribution in [0.4, 0.5) is 5.69 Å². The van der Waals surface area contributed by atoms with E-state index in [1.54, 1.807) is 6.07 Å². The molecule has 1 aliphatic rings. The Bertz CT molecular complexity index is 1280. The van der Waals surface area contributed by atoms with Gasteiger partial charge in [0.25, 0.3) is 0 Å². The predicted molar refractivity (Wildman–Crippen MR) is 152 cm³/mol. The summed E-state index contributed by atoms with van der Waals surface area (Å²) in [5.41, 5.74) is 3.61. The molecule has 0 aliphatic carbocycles. The molecule has 3 aromatic carbocycles. The fourth-order valence-electron chi connectivity index (χ4n) is 4.73. The number of benzene rings is 3. The zero-order chi connectivity index (χ0) is 26.7. The standard InChI is InChI=1S/C32H35N3O3.Ni/c1-2-3-6-20-28(32(37)38)33-30(25-16-9-5-10-17-25)26-18-11-12-19-27(26)34-31(36)29-21-13-22-35(29)23-24-14-7-4-8-15-24;/h3-12,14-19,28-29H,2,13,20-23H2,1H3,(H2,33,34,36,37,38);/p-1/b6-3+;/t28?,29-;/m0./s1. The number of hydrogen-bond acceptors (Lipinski definition) is 4. The molecule has 1 saturated heterocycles. The second-order valence-electron chi connectivity index (χ2n) is 9.39. The van der Waals surface area contributed by atoms with Crippen LogP contribution in [0, 0.1) is 0 Å². The third kappa shape index (κ3) is 8.22. The van der Waals surface area contributed by atoms with E-state index in [1.165, 1.54) is 5.56 Å². The zero-order valence-electron chi connectivity index (χ0n) is 22.1. The zero-order valence-corrected chi connectivity index (χ0v) is 23.0. The van der Waals surface area contributed by atoms with Gasteiger partial charge in [0.2, 0.25) is 0 Å². The molecule has 0 aromatic heterocycles. The second kappa shape index (κ2) is 15.2. The molecule has 206 valence electrons. The monoisotopic (exact) mass is 566 g/mol. The van der Waals surface area contributed by atoms with E-state index in [0.717, 1.165) is 31.4 Å². The van der Waals surface area contributed by atoms with Crippen molar-refractivity contribution in [2.24, 2.45) is 4.99 Å². The third-order valence-corrected chi connectivity index (χ3v) is 6.65. The van der Waals surface area contributed by atoms with Crippen LogP contribution in [0.5, 0.6) is 0 Å². The summed E-state index contributed by atoms with van der Waals surface area (Å²) in [6, 6.07) is 25.8. The molecule has 0 spiro atoms. The van der Waals surface area contributed by atoms with Gasteiger partial charge in [0.15, 0.2) is 6.04 Å². The van der Waals surface area contributed by atoms with Crippen molar-refractivity contribution in [3.63, 3.8) is 0 Å². The topological polar surface area (TPSA) is 84.1 Å². The second-order valence-corrected chi connectivity index (χ2v) is 9.39. The molecule has 1 heterocycles. The van der Waals surface area contributed by atoms with Crippen molar-refractivity contribution in [2.45, 2.75) is 51.2 Å². The number of rotatable bonds is 11. The number of carboxylic acids is 1. The summed E-state index contributed by atoms with van der Waals surface area (Å²) in [5.74, 6) is -1.17. The predicted octanol–water partition coefficient (Wildman–Crippen LogP) is 6.53. The van der Waals surface area contributed by atoms with Gasteiger partial charge in [0.1, 0.15) is 0 Å². The number of nitrogens with zero attached hydrogens (tertiary/aromatic N) is 3. The van der Waals surface area contributed by atoms with E-state index < -0.39 is 12.0 Å². The summed E-state index contributed by atoms with van der Waals surface area (Å²) in [6.07, 6.45) is 6.62. The van der Waals surface area contributed by atoms with Gasteiger partial charge in [-0.15, -0.1) is 5.69 Å². The smallest absolute Gasteiger partial charge is 0.328 e. The van der Waals surface area contributed by atoms with Crippen molar-refractivity contribution in [1.82, 2.24) is 4.90 Å². The average molecular weight is 567 g/mol. The van der Waals surface area contributed by atoms with E-state index in [4.69, 9.17) is 4.99 Å². The number of carboxylic acid groups (broad SMARTS) is 1. The van der Waals surface area contributed by atoms with Crippen molar-refractivity contribution in [2.75, 3.05) is 6.54 Å². The van der Waals surface area contributed by atoms with E-state index in [-0.39, 0.29) is 34.9 Å². The molecule has 1 amide bonds. The van der Waals surface area contributed by atoms with Gasteiger partial charge in [-0.2, -0.15) is 0 Å². The number of likely N-dealkylation sites (tertiary alicyclic amines) is 1. The van der Waals surface area contributed by atoms with Gasteiger partial charge in [0.05, 0.1) is 17.7 Å². The van der Waals surface area contributed by atoms with Gasteiger partial charge in [-0.25, -0.2) is 4.79 Å². The number of allylic oxidation sites excluding steroid dienone is 1. The maximum absolute atomic E-state index is 13.5. The fourth-order valence-corrected chi connectivity index (χ4v) is 4.73. The number of carbonyl (C=O) groups is 2. The van der Waals surface area contributed by atoms with Gasteiger partial charge in [0, 0.05) is 28.6 Å². The largest absolute Gasteiger partial charge is 0.625 e. The quantitative estimate of drug-likeness (QED) is 0.162. The first kappa shape index (κ1) is 30.0. The molecule has 0 bridgehead atoms. The molecule has 39 heavy (non-hydrogen) atoms. The SMILES string of the molecule is CC/C=C/CC(N=C(c1ccccc1)c1ccccc1[N-]C(=O)[C@@H]1CCCN1Cc1ccccc1)C(=O)O.[Ni]. The molecule has 2 atom stereocenters. The van der Waals surface area contributed by atoms with Crippen molar-refractivity contribution >= 4 is 23.3 Å². The van der Waals surface area contributed by atoms with E-state index in [1.807, 2.05) is 85.8 Å². The van der Waals surface area contributed by atoms with Crippen LogP contribution in [0.3, 0.4) is 0 Å². The van der Waals surface area contributed by atoms with Crippen molar-refractivity contribution in [1.29, 1.82) is 0 Å². The van der Waals surface area contributed by atoms with E-state index in [0.29, 0.717) is 23.5 Å². The molecule has 0 radical (unpaired) electrons. The van der Waals surface area contributed by atoms with E-state index in [2.05, 4.69) is 22.3 Å². The van der Waals surface area contributed by atoms with Crippen LogP contribution in [0.25, 0.3) is 5.32 Å². The minimum atomic E-state index is -0.993. The number of aliphatic carboxylic acids is 1. The summed E-state index contributed by atoms with van der Waals surface area (Å²) in [5, 5.41) is 14.5. The van der Waals surface area contributed by atoms with Crippen LogP contribution in [0.2, 0.25) is 0 Å². The first-order valence-corrected chi connectivity index (χ1v) is 13.2. The summed E-state index contributed by atoms with van der Waals surface area (Å²) < 4.78 is 0. The summed E-state index contributed by atoms with van der Waals surface area (Å²) >= 11 is 0. The Hall–Kier alpha value is -3.54. The molecule has 4 rings (SSSR count). The molecule has 1 N–H and O–H groups in total. The number of hydrogen-bond donors (Lipinski definition) is 1.